The van der Waals surface area contributed by atoms with E-state index in [4.69, 9.17) is 23.7 Å². The van der Waals surface area contributed by atoms with Crippen LogP contribution < -0.4 is 5.32 Å². The van der Waals surface area contributed by atoms with Crippen molar-refractivity contribution in [2.75, 3.05) is 13.7 Å². The molecule has 0 saturated carbocycles. The fourth-order valence-corrected chi connectivity index (χ4v) is 5.09. The molecule has 4 rings (SSSR count). The van der Waals surface area contributed by atoms with Gasteiger partial charge in [0, 0.05) is 19.8 Å². The van der Waals surface area contributed by atoms with Gasteiger partial charge in [-0.2, -0.15) is 0 Å². The van der Waals surface area contributed by atoms with Gasteiger partial charge in [-0.05, 0) is 43.3 Å². The Hall–Kier alpha value is -5.03. The second kappa shape index (κ2) is 15.1. The summed E-state index contributed by atoms with van der Waals surface area (Å²) < 4.78 is 28.4. The van der Waals surface area contributed by atoms with Gasteiger partial charge in [0.05, 0.1) is 35.9 Å². The highest BCUT2D eigenvalue weighted by atomic mass is 16.6. The van der Waals surface area contributed by atoms with E-state index in [9.17, 15) is 24.0 Å². The Bertz CT molecular complexity index is 1480. The molecule has 1 aliphatic heterocycles. The number of carbonyl (C=O) groups excluding carboxylic acids is 5. The van der Waals surface area contributed by atoms with Gasteiger partial charge in [0.1, 0.15) is 18.8 Å². The minimum absolute atomic E-state index is 0.142. The zero-order chi connectivity index (χ0) is 32.4. The number of hydrogen-bond acceptors (Lipinski definition) is 10. The third kappa shape index (κ3) is 8.76. The van der Waals surface area contributed by atoms with E-state index in [1.54, 1.807) is 91.0 Å². The number of benzene rings is 3. The van der Waals surface area contributed by atoms with E-state index in [0.717, 1.165) is 0 Å². The van der Waals surface area contributed by atoms with Crippen molar-refractivity contribution in [1.82, 2.24) is 5.32 Å². The maximum atomic E-state index is 13.1. The molecule has 3 aromatic rings. The molecule has 0 spiro atoms. The van der Waals surface area contributed by atoms with Crippen molar-refractivity contribution in [3.63, 3.8) is 0 Å². The summed E-state index contributed by atoms with van der Waals surface area (Å²) >= 11 is 0. The van der Waals surface area contributed by atoms with E-state index in [0.29, 0.717) is 5.56 Å². The molecule has 1 fully saturated rings. The fourth-order valence-electron chi connectivity index (χ4n) is 5.09. The molecule has 5 atom stereocenters. The van der Waals surface area contributed by atoms with E-state index in [2.05, 4.69) is 5.32 Å². The van der Waals surface area contributed by atoms with E-state index < -0.39 is 59.7 Å². The van der Waals surface area contributed by atoms with Gasteiger partial charge < -0.3 is 29.0 Å². The van der Waals surface area contributed by atoms with Crippen LogP contribution in [0.15, 0.2) is 91.0 Å². The summed E-state index contributed by atoms with van der Waals surface area (Å²) in [7, 11) is 1.20. The van der Waals surface area contributed by atoms with E-state index in [-0.39, 0.29) is 30.6 Å². The molecule has 45 heavy (non-hydrogen) atoms. The van der Waals surface area contributed by atoms with E-state index in [1.807, 2.05) is 0 Å². The molecule has 1 amide bonds. The number of carbonyl (C=O) groups is 5. The van der Waals surface area contributed by atoms with Gasteiger partial charge in [-0.25, -0.2) is 19.2 Å². The molecule has 1 N–H and O–H groups in total. The number of nitrogens with one attached hydrogen (secondary N) is 1. The number of ether oxygens (including phenoxy) is 5. The first-order chi connectivity index (χ1) is 21.6. The molecule has 11 heteroatoms. The van der Waals surface area contributed by atoms with E-state index in [1.165, 1.54) is 21.0 Å². The molecule has 236 valence electrons. The highest BCUT2D eigenvalue weighted by molar-refractivity contribution is 5.90. The van der Waals surface area contributed by atoms with Gasteiger partial charge in [-0.3, -0.25) is 4.79 Å². The van der Waals surface area contributed by atoms with Crippen molar-refractivity contribution in [1.29, 1.82) is 0 Å². The van der Waals surface area contributed by atoms with Crippen LogP contribution in [0.5, 0.6) is 0 Å². The van der Waals surface area contributed by atoms with Crippen LogP contribution in [0.1, 0.15) is 57.8 Å². The lowest BCUT2D eigenvalue weighted by atomic mass is 9.85. The van der Waals surface area contributed by atoms with Crippen LogP contribution >= 0.6 is 0 Å². The normalized spacial score (nSPS) is 21.4. The Morgan fingerprint density at radius 3 is 1.84 bits per heavy atom. The first-order valence-corrected chi connectivity index (χ1v) is 14.4. The lowest BCUT2D eigenvalue weighted by Gasteiger charge is -2.46. The van der Waals surface area contributed by atoms with Crippen LogP contribution in [-0.2, 0) is 33.3 Å². The minimum atomic E-state index is -1.61. The third-order valence-electron chi connectivity index (χ3n) is 7.25. The molecular formula is C34H35NO10. The molecule has 0 bridgehead atoms. The molecule has 0 aromatic heterocycles. The quantitative estimate of drug-likeness (QED) is 0.248. The molecule has 1 aliphatic rings. The van der Waals surface area contributed by atoms with Crippen molar-refractivity contribution >= 4 is 29.8 Å². The summed E-state index contributed by atoms with van der Waals surface area (Å²) in [5.74, 6) is -3.20. The molecule has 3 aromatic carbocycles. The smallest absolute Gasteiger partial charge is 0.338 e. The zero-order valence-corrected chi connectivity index (χ0v) is 25.2. The van der Waals surface area contributed by atoms with Gasteiger partial charge in [0.2, 0.25) is 5.91 Å². The Morgan fingerprint density at radius 1 is 0.822 bits per heavy atom. The molecule has 0 radical (unpaired) electrons. The van der Waals surface area contributed by atoms with Crippen molar-refractivity contribution < 1.29 is 47.7 Å². The average molecular weight is 618 g/mol. The van der Waals surface area contributed by atoms with Crippen molar-refractivity contribution in [3.8, 4) is 0 Å². The van der Waals surface area contributed by atoms with Gasteiger partial charge >= 0.3 is 23.9 Å². The van der Waals surface area contributed by atoms with Crippen LogP contribution in [0.2, 0.25) is 0 Å². The van der Waals surface area contributed by atoms with Gasteiger partial charge in [-0.15, -0.1) is 0 Å². The standard InChI is InChI=1S/C34H35NO10/c1-22(36)35-29-27(45-34(2,33(40)41-3)20-28(29)44-32(39)25-17-11-6-12-18-25)19-26(43-31(38)24-15-9-5-10-16-24)21-42-30(37)23-13-7-4-8-14-23/h4-18,26-29H,19-21H2,1-3H3,(H,35,36)/t26-,27?,28+,29?,34-/m0/s1. The van der Waals surface area contributed by atoms with Crippen molar-refractivity contribution in [2.24, 2.45) is 0 Å². The molecular weight excluding hydrogens is 582 g/mol. The second-order valence-corrected chi connectivity index (χ2v) is 10.7. The molecule has 1 saturated heterocycles. The minimum Gasteiger partial charge on any atom is -0.467 e. The summed E-state index contributed by atoms with van der Waals surface area (Å²) in [6.45, 7) is 2.40. The van der Waals surface area contributed by atoms with Crippen LogP contribution in [0, 0.1) is 0 Å². The van der Waals surface area contributed by atoms with E-state index >= 15 is 0 Å². The number of hydrogen-bond donors (Lipinski definition) is 1. The highest BCUT2D eigenvalue weighted by Crippen LogP contribution is 2.35. The lowest BCUT2D eigenvalue weighted by molar-refractivity contribution is -0.206. The number of amides is 1. The maximum Gasteiger partial charge on any atom is 0.338 e. The Labute approximate surface area is 260 Å². The average Bonchev–Trinajstić information content (AvgIpc) is 3.05. The van der Waals surface area contributed by atoms with Gasteiger partial charge in [0.25, 0.3) is 0 Å². The van der Waals surface area contributed by atoms with Crippen molar-refractivity contribution in [2.45, 2.75) is 56.6 Å². The van der Waals surface area contributed by atoms with Crippen LogP contribution in [0.25, 0.3) is 0 Å². The Morgan fingerprint density at radius 2 is 1.33 bits per heavy atom. The van der Waals surface area contributed by atoms with Gasteiger partial charge in [0.15, 0.2) is 5.60 Å². The summed E-state index contributed by atoms with van der Waals surface area (Å²) in [5.41, 5.74) is -0.787. The van der Waals surface area contributed by atoms with Crippen LogP contribution in [0.3, 0.4) is 0 Å². The molecule has 2 unspecified atom stereocenters. The molecule has 0 aliphatic carbocycles. The maximum absolute atomic E-state index is 13.1. The lowest BCUT2D eigenvalue weighted by Crippen LogP contribution is -2.63. The summed E-state index contributed by atoms with van der Waals surface area (Å²) in [5, 5.41) is 2.77. The first-order valence-electron chi connectivity index (χ1n) is 14.4. The summed E-state index contributed by atoms with van der Waals surface area (Å²) in [6, 6.07) is 23.8. The Kier molecular flexibility index (Phi) is 11.0. The second-order valence-electron chi connectivity index (χ2n) is 10.7. The zero-order valence-electron chi connectivity index (χ0n) is 25.2. The number of methoxy groups -OCH3 is 1. The topological polar surface area (TPSA) is 144 Å². The predicted molar refractivity (Wildman–Crippen MR) is 160 cm³/mol. The van der Waals surface area contributed by atoms with Crippen molar-refractivity contribution in [3.05, 3.63) is 108 Å². The molecule has 1 heterocycles. The van der Waals surface area contributed by atoms with Gasteiger partial charge in [-0.1, -0.05) is 54.6 Å². The molecule has 11 nitrogen and oxygen atoms in total. The predicted octanol–water partition coefficient (Wildman–Crippen LogP) is 3.91. The first kappa shape index (κ1) is 32.9. The van der Waals surface area contributed by atoms with Crippen LogP contribution in [0.4, 0.5) is 0 Å². The number of rotatable bonds is 11. The largest absolute Gasteiger partial charge is 0.467 e. The summed E-state index contributed by atoms with van der Waals surface area (Å²) in [4.78, 5) is 64.3. The fraction of sp³-hybridized carbons (Fsp3) is 0.324. The monoisotopic (exact) mass is 617 g/mol. The highest BCUT2D eigenvalue weighted by Gasteiger charge is 2.52. The SMILES string of the molecule is COC(=O)[C@]1(C)C[C@@H](OC(=O)c2ccccc2)C(NC(C)=O)C(C[C@@H](COC(=O)c2ccccc2)OC(=O)c2ccccc2)O1. The third-order valence-corrected chi connectivity index (χ3v) is 7.25. The Balaban J connectivity index is 1.64. The number of esters is 4. The van der Waals surface area contributed by atoms with Crippen LogP contribution in [-0.4, -0.2) is 73.5 Å². The summed E-state index contributed by atoms with van der Waals surface area (Å²) in [6.07, 6.45) is -3.52.